The Bertz CT molecular complexity index is 1380. The molecule has 1 aliphatic rings. The second-order valence-electron chi connectivity index (χ2n) is 12.6. The molecule has 3 aromatic rings. The normalized spacial score (nSPS) is 14.0. The van der Waals surface area contributed by atoms with Crippen LogP contribution in [0.25, 0.3) is 0 Å². The third kappa shape index (κ3) is 12.5. The highest BCUT2D eigenvalue weighted by Gasteiger charge is 2.27. The number of nitrogens with one attached hydrogen (secondary N) is 1. The van der Waals surface area contributed by atoms with Crippen molar-refractivity contribution in [1.29, 1.82) is 0 Å². The number of benzene rings is 3. The molecule has 0 aromatic heterocycles. The number of Topliss-reactive ketones (excluding diaryl/α,β-unsaturated/α-hetero) is 1. The third-order valence-corrected chi connectivity index (χ3v) is 8.33. The van der Waals surface area contributed by atoms with Crippen LogP contribution in [0, 0.1) is 5.92 Å². The standard InChI is InChI=1S/C30H42N4O4.C8H11N/c1-23(17-26-11-13-29(37)14-12-26)30(38)33(19-24(2)34(22-35)31(4)20-25(3)36)21-27-9-8-10-28(18-27)32-15-6-5-7-16-32;1-9-7-8-5-3-2-4-6-8/h8-14,18,22-24,37H,5-7,15-17,19-21H2,1-4H3;2-6,9H,7H2,1H3/t23-,24?;/m0./s1. The number of anilines is 1. The van der Waals surface area contributed by atoms with Crippen LogP contribution in [-0.2, 0) is 33.9 Å². The van der Waals surface area contributed by atoms with Gasteiger partial charge < -0.3 is 20.2 Å². The number of amides is 2. The van der Waals surface area contributed by atoms with Gasteiger partial charge in [0.05, 0.1) is 12.6 Å². The molecular weight excluding hydrogens is 590 g/mol. The van der Waals surface area contributed by atoms with Crippen molar-refractivity contribution >= 4 is 23.8 Å². The molecule has 2 atom stereocenters. The lowest BCUT2D eigenvalue weighted by atomic mass is 9.99. The molecule has 3 aromatic carbocycles. The van der Waals surface area contributed by atoms with E-state index in [2.05, 4.69) is 34.5 Å². The molecule has 47 heavy (non-hydrogen) atoms. The molecule has 0 spiro atoms. The minimum absolute atomic E-state index is 0.00614. The lowest BCUT2D eigenvalue weighted by Crippen LogP contribution is -2.52. The molecule has 1 aliphatic heterocycles. The Morgan fingerprint density at radius 1 is 0.915 bits per heavy atom. The van der Waals surface area contributed by atoms with E-state index in [4.69, 9.17) is 0 Å². The number of phenolic OH excluding ortho intramolecular Hbond substituents is 1. The average Bonchev–Trinajstić information content (AvgIpc) is 3.06. The van der Waals surface area contributed by atoms with Crippen LogP contribution >= 0.6 is 0 Å². The third-order valence-electron chi connectivity index (χ3n) is 8.33. The van der Waals surface area contributed by atoms with Crippen molar-refractivity contribution < 1.29 is 19.5 Å². The quantitative estimate of drug-likeness (QED) is 0.172. The number of hydrogen-bond acceptors (Lipinski definition) is 7. The average molecular weight is 644 g/mol. The first-order valence-corrected chi connectivity index (χ1v) is 16.6. The molecule has 9 nitrogen and oxygen atoms in total. The van der Waals surface area contributed by atoms with E-state index >= 15 is 0 Å². The summed E-state index contributed by atoms with van der Waals surface area (Å²) in [5, 5.41) is 15.8. The summed E-state index contributed by atoms with van der Waals surface area (Å²) in [6, 6.07) is 25.3. The van der Waals surface area contributed by atoms with E-state index in [0.717, 1.165) is 30.8 Å². The van der Waals surface area contributed by atoms with Gasteiger partial charge in [-0.05, 0) is 87.5 Å². The second kappa shape index (κ2) is 19.5. The van der Waals surface area contributed by atoms with Gasteiger partial charge in [0.25, 0.3) is 0 Å². The summed E-state index contributed by atoms with van der Waals surface area (Å²) in [4.78, 5) is 41.6. The molecule has 0 radical (unpaired) electrons. The Morgan fingerprint density at radius 2 is 1.57 bits per heavy atom. The van der Waals surface area contributed by atoms with E-state index in [1.807, 2.05) is 68.3 Å². The Hall–Kier alpha value is -4.21. The van der Waals surface area contributed by atoms with Crippen LogP contribution < -0.4 is 10.2 Å². The van der Waals surface area contributed by atoms with Crippen LogP contribution in [0.3, 0.4) is 0 Å². The lowest BCUT2D eigenvalue weighted by Gasteiger charge is -2.37. The van der Waals surface area contributed by atoms with Gasteiger partial charge in [0.2, 0.25) is 12.3 Å². The number of carbonyl (C=O) groups is 3. The summed E-state index contributed by atoms with van der Waals surface area (Å²) < 4.78 is 0. The van der Waals surface area contributed by atoms with Crippen LogP contribution in [0.15, 0.2) is 78.9 Å². The van der Waals surface area contributed by atoms with Crippen LogP contribution in [0.5, 0.6) is 5.75 Å². The fourth-order valence-corrected chi connectivity index (χ4v) is 5.97. The fourth-order valence-electron chi connectivity index (χ4n) is 5.97. The van der Waals surface area contributed by atoms with Crippen molar-refractivity contribution in [2.75, 3.05) is 45.2 Å². The number of rotatable bonds is 15. The largest absolute Gasteiger partial charge is 0.508 e. The maximum atomic E-state index is 13.8. The Kier molecular flexibility index (Phi) is 15.4. The van der Waals surface area contributed by atoms with Crippen LogP contribution in [0.4, 0.5) is 5.69 Å². The van der Waals surface area contributed by atoms with E-state index in [9.17, 15) is 19.5 Å². The zero-order chi connectivity index (χ0) is 34.2. The first-order chi connectivity index (χ1) is 22.6. The molecule has 0 saturated carbocycles. The summed E-state index contributed by atoms with van der Waals surface area (Å²) in [5.74, 6) is -0.151. The Labute approximate surface area is 281 Å². The summed E-state index contributed by atoms with van der Waals surface area (Å²) in [7, 11) is 3.65. The van der Waals surface area contributed by atoms with E-state index < -0.39 is 0 Å². The second-order valence-corrected chi connectivity index (χ2v) is 12.6. The summed E-state index contributed by atoms with van der Waals surface area (Å²) in [6.07, 6.45) is 4.90. The van der Waals surface area contributed by atoms with Crippen LogP contribution in [0.1, 0.15) is 56.7 Å². The SMILES string of the molecule is CC(=O)CN(C)N(C=O)C(C)CN(Cc1cccc(N2CCCCC2)c1)C(=O)[C@@H](C)Cc1ccc(O)cc1.CNCc1ccccc1. The molecule has 2 N–H and O–H groups in total. The fraction of sp³-hybridized carbons (Fsp3) is 0.447. The number of ketones is 1. The number of aromatic hydroxyl groups is 1. The Balaban J connectivity index is 0.000000573. The molecular formula is C38H53N5O4. The first kappa shape index (κ1) is 37.2. The van der Waals surface area contributed by atoms with Crippen molar-refractivity contribution in [3.8, 4) is 5.75 Å². The van der Waals surface area contributed by atoms with Gasteiger partial charge in [0, 0.05) is 51.4 Å². The summed E-state index contributed by atoms with van der Waals surface area (Å²) in [6.45, 7) is 9.21. The van der Waals surface area contributed by atoms with Gasteiger partial charge in [-0.1, -0.05) is 61.5 Å². The molecule has 1 heterocycles. The number of piperidine rings is 1. The molecule has 4 rings (SSSR count). The number of likely N-dealkylation sites (N-methyl/N-ethyl adjacent to an activating group) is 1. The molecule has 254 valence electrons. The van der Waals surface area contributed by atoms with Crippen LogP contribution in [-0.4, -0.2) is 84.4 Å². The van der Waals surface area contributed by atoms with Crippen molar-refractivity contribution in [2.24, 2.45) is 5.92 Å². The van der Waals surface area contributed by atoms with E-state index in [1.165, 1.54) is 42.4 Å². The first-order valence-electron chi connectivity index (χ1n) is 16.6. The number of phenols is 1. The lowest BCUT2D eigenvalue weighted by molar-refractivity contribution is -0.146. The number of hydrazine groups is 1. The van der Waals surface area contributed by atoms with Crippen LogP contribution in [0.2, 0.25) is 0 Å². The Morgan fingerprint density at radius 3 is 2.19 bits per heavy atom. The summed E-state index contributed by atoms with van der Waals surface area (Å²) in [5.41, 5.74) is 4.52. The van der Waals surface area contributed by atoms with Gasteiger partial charge in [-0.2, -0.15) is 0 Å². The van der Waals surface area contributed by atoms with Gasteiger partial charge in [-0.3, -0.25) is 19.4 Å². The molecule has 9 heteroatoms. The van der Waals surface area contributed by atoms with E-state index in [1.54, 1.807) is 24.2 Å². The maximum absolute atomic E-state index is 13.8. The van der Waals surface area contributed by atoms with E-state index in [0.29, 0.717) is 25.9 Å². The zero-order valence-electron chi connectivity index (χ0n) is 28.8. The molecule has 1 unspecified atom stereocenters. The number of nitrogens with zero attached hydrogens (tertiary/aromatic N) is 4. The highest BCUT2D eigenvalue weighted by atomic mass is 16.3. The molecule has 0 aliphatic carbocycles. The van der Waals surface area contributed by atoms with Crippen molar-refractivity contribution in [2.45, 2.75) is 65.6 Å². The van der Waals surface area contributed by atoms with Gasteiger partial charge in [-0.15, -0.1) is 0 Å². The van der Waals surface area contributed by atoms with Gasteiger partial charge in [0.15, 0.2) is 0 Å². The predicted molar refractivity (Wildman–Crippen MR) is 189 cm³/mol. The number of carbonyl (C=O) groups excluding carboxylic acids is 3. The smallest absolute Gasteiger partial charge is 0.226 e. The number of hydrogen-bond donors (Lipinski definition) is 2. The topological polar surface area (TPSA) is 96.4 Å². The maximum Gasteiger partial charge on any atom is 0.226 e. The van der Waals surface area contributed by atoms with Gasteiger partial charge in [-0.25, -0.2) is 5.01 Å². The molecule has 0 bridgehead atoms. The van der Waals surface area contributed by atoms with Gasteiger partial charge in [0.1, 0.15) is 11.5 Å². The molecule has 2 amide bonds. The monoisotopic (exact) mass is 643 g/mol. The molecule has 1 fully saturated rings. The zero-order valence-corrected chi connectivity index (χ0v) is 28.8. The highest BCUT2D eigenvalue weighted by molar-refractivity contribution is 5.79. The highest BCUT2D eigenvalue weighted by Crippen LogP contribution is 2.23. The van der Waals surface area contributed by atoms with Crippen molar-refractivity contribution in [1.82, 2.24) is 20.2 Å². The van der Waals surface area contributed by atoms with Crippen molar-refractivity contribution in [3.63, 3.8) is 0 Å². The summed E-state index contributed by atoms with van der Waals surface area (Å²) >= 11 is 0. The van der Waals surface area contributed by atoms with Gasteiger partial charge >= 0.3 is 0 Å². The van der Waals surface area contributed by atoms with Crippen molar-refractivity contribution in [3.05, 3.63) is 95.6 Å². The molecule has 1 saturated heterocycles. The minimum atomic E-state index is -0.327. The predicted octanol–water partition coefficient (Wildman–Crippen LogP) is 5.28. The minimum Gasteiger partial charge on any atom is -0.508 e. The van der Waals surface area contributed by atoms with E-state index in [-0.39, 0.29) is 35.9 Å².